The summed E-state index contributed by atoms with van der Waals surface area (Å²) in [5.74, 6) is -0.777. The van der Waals surface area contributed by atoms with Crippen molar-refractivity contribution in [1.29, 1.82) is 0 Å². The molecule has 0 aromatic heterocycles. The van der Waals surface area contributed by atoms with E-state index < -0.39 is 11.9 Å². The average molecular weight is 311 g/mol. The monoisotopic (exact) mass is 311 g/mol. The quantitative estimate of drug-likeness (QED) is 0.727. The number of anilines is 1. The van der Waals surface area contributed by atoms with Crippen molar-refractivity contribution >= 4 is 17.5 Å². The highest BCUT2D eigenvalue weighted by atomic mass is 16.2. The molecule has 120 valence electrons. The van der Waals surface area contributed by atoms with Gasteiger partial charge in [0.25, 0.3) is 0 Å². The molecule has 2 rings (SSSR count). The molecule has 2 aromatic rings. The van der Waals surface area contributed by atoms with Gasteiger partial charge < -0.3 is 16.8 Å². The van der Waals surface area contributed by atoms with Crippen LogP contribution in [0.5, 0.6) is 0 Å². The SMILES string of the molecule is NC(=O)[C@@H](N)CCC(=O)Nc1ccc(Cc2ccccc2)cc1. The molecule has 0 fully saturated rings. The molecule has 5 heteroatoms. The summed E-state index contributed by atoms with van der Waals surface area (Å²) in [6.45, 7) is 0. The normalized spacial score (nSPS) is 11.7. The second-order valence-corrected chi connectivity index (χ2v) is 5.46. The molecule has 0 aliphatic heterocycles. The molecular weight excluding hydrogens is 290 g/mol. The number of benzene rings is 2. The van der Waals surface area contributed by atoms with Crippen LogP contribution in [0.1, 0.15) is 24.0 Å². The van der Waals surface area contributed by atoms with E-state index in [0.29, 0.717) is 0 Å². The molecule has 1 atom stereocenters. The maximum absolute atomic E-state index is 11.8. The lowest BCUT2D eigenvalue weighted by molar-refractivity contribution is -0.119. The van der Waals surface area contributed by atoms with Crippen LogP contribution in [0.4, 0.5) is 5.69 Å². The van der Waals surface area contributed by atoms with Crippen LogP contribution in [0, 0.1) is 0 Å². The Kier molecular flexibility index (Phi) is 5.88. The molecule has 0 saturated heterocycles. The van der Waals surface area contributed by atoms with E-state index in [1.807, 2.05) is 42.5 Å². The molecular formula is C18H21N3O2. The second kappa shape index (κ2) is 8.10. The third-order valence-electron chi connectivity index (χ3n) is 3.54. The predicted octanol–water partition coefficient (Wildman–Crippen LogP) is 1.81. The number of carbonyl (C=O) groups is 2. The number of amides is 2. The van der Waals surface area contributed by atoms with Crippen LogP contribution in [-0.2, 0) is 16.0 Å². The van der Waals surface area contributed by atoms with E-state index in [9.17, 15) is 9.59 Å². The van der Waals surface area contributed by atoms with Crippen molar-refractivity contribution in [2.45, 2.75) is 25.3 Å². The van der Waals surface area contributed by atoms with Crippen molar-refractivity contribution in [2.75, 3.05) is 5.32 Å². The van der Waals surface area contributed by atoms with Gasteiger partial charge in [-0.1, -0.05) is 42.5 Å². The maximum Gasteiger partial charge on any atom is 0.234 e. The first-order valence-electron chi connectivity index (χ1n) is 7.52. The first kappa shape index (κ1) is 16.7. The van der Waals surface area contributed by atoms with Crippen molar-refractivity contribution in [3.05, 3.63) is 65.7 Å². The fourth-order valence-electron chi connectivity index (χ4n) is 2.19. The minimum absolute atomic E-state index is 0.163. The van der Waals surface area contributed by atoms with Crippen molar-refractivity contribution in [2.24, 2.45) is 11.5 Å². The van der Waals surface area contributed by atoms with E-state index in [4.69, 9.17) is 11.5 Å². The molecule has 23 heavy (non-hydrogen) atoms. The summed E-state index contributed by atoms with van der Waals surface area (Å²) in [7, 11) is 0. The van der Waals surface area contributed by atoms with Gasteiger partial charge in [0.15, 0.2) is 0 Å². The smallest absolute Gasteiger partial charge is 0.234 e. The Morgan fingerprint density at radius 3 is 2.17 bits per heavy atom. The zero-order valence-corrected chi connectivity index (χ0v) is 12.9. The number of primary amides is 1. The zero-order chi connectivity index (χ0) is 16.7. The van der Waals surface area contributed by atoms with Gasteiger partial charge in [0.2, 0.25) is 11.8 Å². The average Bonchev–Trinajstić information content (AvgIpc) is 2.55. The number of nitrogens with one attached hydrogen (secondary N) is 1. The maximum atomic E-state index is 11.8. The van der Waals surface area contributed by atoms with E-state index in [2.05, 4.69) is 17.4 Å². The van der Waals surface area contributed by atoms with E-state index in [1.54, 1.807) is 0 Å². The Morgan fingerprint density at radius 2 is 1.57 bits per heavy atom. The highest BCUT2D eigenvalue weighted by molar-refractivity contribution is 5.91. The van der Waals surface area contributed by atoms with Gasteiger partial charge in [0.05, 0.1) is 6.04 Å². The molecule has 0 bridgehead atoms. The summed E-state index contributed by atoms with van der Waals surface area (Å²) in [5.41, 5.74) is 13.7. The number of hydrogen-bond acceptors (Lipinski definition) is 3. The van der Waals surface area contributed by atoms with Crippen LogP contribution in [0.2, 0.25) is 0 Å². The van der Waals surface area contributed by atoms with Crippen LogP contribution in [0.3, 0.4) is 0 Å². The third-order valence-corrected chi connectivity index (χ3v) is 3.54. The van der Waals surface area contributed by atoms with Gasteiger partial charge in [-0.15, -0.1) is 0 Å². The van der Waals surface area contributed by atoms with E-state index in [0.717, 1.165) is 12.1 Å². The fraction of sp³-hybridized carbons (Fsp3) is 0.222. The van der Waals surface area contributed by atoms with Gasteiger partial charge in [0.1, 0.15) is 0 Å². The van der Waals surface area contributed by atoms with Crippen molar-refractivity contribution < 1.29 is 9.59 Å². The Labute approximate surface area is 135 Å². The molecule has 0 aliphatic carbocycles. The van der Waals surface area contributed by atoms with Gasteiger partial charge in [0, 0.05) is 12.1 Å². The van der Waals surface area contributed by atoms with Crippen LogP contribution in [-0.4, -0.2) is 17.9 Å². The summed E-state index contributed by atoms with van der Waals surface area (Å²) in [5, 5.41) is 2.78. The van der Waals surface area contributed by atoms with E-state index >= 15 is 0 Å². The molecule has 2 amide bonds. The molecule has 0 heterocycles. The lowest BCUT2D eigenvalue weighted by Crippen LogP contribution is -2.37. The summed E-state index contributed by atoms with van der Waals surface area (Å²) >= 11 is 0. The Hall–Kier alpha value is -2.66. The molecule has 0 spiro atoms. The first-order valence-corrected chi connectivity index (χ1v) is 7.52. The summed E-state index contributed by atoms with van der Waals surface area (Å²) < 4.78 is 0. The van der Waals surface area contributed by atoms with Crippen molar-refractivity contribution in [3.8, 4) is 0 Å². The number of hydrogen-bond donors (Lipinski definition) is 3. The lowest BCUT2D eigenvalue weighted by Gasteiger charge is -2.09. The Balaban J connectivity index is 1.85. The first-order chi connectivity index (χ1) is 11.0. The molecule has 0 radical (unpaired) electrons. The van der Waals surface area contributed by atoms with Gasteiger partial charge in [-0.3, -0.25) is 9.59 Å². The number of rotatable bonds is 7. The van der Waals surface area contributed by atoms with E-state index in [-0.39, 0.29) is 18.7 Å². The largest absolute Gasteiger partial charge is 0.368 e. The molecule has 5 nitrogen and oxygen atoms in total. The molecule has 0 aliphatic rings. The standard InChI is InChI=1S/C18H21N3O2/c19-16(18(20)23)10-11-17(22)21-15-8-6-14(7-9-15)12-13-4-2-1-3-5-13/h1-9,16H,10-12,19H2,(H2,20,23)(H,21,22)/t16-/m0/s1. The predicted molar refractivity (Wildman–Crippen MR) is 90.7 cm³/mol. The number of nitrogens with two attached hydrogens (primary N) is 2. The van der Waals surface area contributed by atoms with Crippen molar-refractivity contribution in [3.63, 3.8) is 0 Å². The van der Waals surface area contributed by atoms with Crippen molar-refractivity contribution in [1.82, 2.24) is 0 Å². The summed E-state index contributed by atoms with van der Waals surface area (Å²) in [6.07, 6.45) is 1.26. The summed E-state index contributed by atoms with van der Waals surface area (Å²) in [4.78, 5) is 22.6. The van der Waals surface area contributed by atoms with E-state index in [1.165, 1.54) is 11.1 Å². The summed E-state index contributed by atoms with van der Waals surface area (Å²) in [6, 6.07) is 17.1. The van der Waals surface area contributed by atoms with Gasteiger partial charge in [-0.05, 0) is 36.1 Å². The van der Waals surface area contributed by atoms with Crippen LogP contribution in [0.15, 0.2) is 54.6 Å². The second-order valence-electron chi connectivity index (χ2n) is 5.46. The Bertz CT molecular complexity index is 654. The lowest BCUT2D eigenvalue weighted by atomic mass is 10.0. The Morgan fingerprint density at radius 1 is 0.957 bits per heavy atom. The fourth-order valence-corrected chi connectivity index (χ4v) is 2.19. The van der Waals surface area contributed by atoms with Gasteiger partial charge in [-0.2, -0.15) is 0 Å². The minimum atomic E-state index is -0.783. The third kappa shape index (κ3) is 5.56. The zero-order valence-electron chi connectivity index (χ0n) is 12.9. The van der Waals surface area contributed by atoms with Crippen LogP contribution < -0.4 is 16.8 Å². The number of carbonyl (C=O) groups excluding carboxylic acids is 2. The van der Waals surface area contributed by atoms with Crippen LogP contribution >= 0.6 is 0 Å². The molecule has 0 saturated carbocycles. The molecule has 0 unspecified atom stereocenters. The molecule has 5 N–H and O–H groups in total. The molecule has 2 aromatic carbocycles. The van der Waals surface area contributed by atoms with Gasteiger partial charge >= 0.3 is 0 Å². The highest BCUT2D eigenvalue weighted by Crippen LogP contribution is 2.14. The topological polar surface area (TPSA) is 98.2 Å². The highest BCUT2D eigenvalue weighted by Gasteiger charge is 2.11. The minimum Gasteiger partial charge on any atom is -0.368 e. The van der Waals surface area contributed by atoms with Crippen LogP contribution in [0.25, 0.3) is 0 Å². The van der Waals surface area contributed by atoms with Gasteiger partial charge in [-0.25, -0.2) is 0 Å².